The van der Waals surface area contributed by atoms with Crippen LogP contribution in [0.4, 0.5) is 8.78 Å². The Morgan fingerprint density at radius 2 is 1.90 bits per heavy atom. The highest BCUT2D eigenvalue weighted by atomic mass is 35.5. The smallest absolute Gasteiger partial charge is 0.212 e. The molecule has 146 valence electrons. The molecule has 0 aliphatic heterocycles. The molecule has 0 aliphatic rings. The molecular formula is C21H15ClF2N4O. The van der Waals surface area contributed by atoms with Gasteiger partial charge >= 0.3 is 0 Å². The van der Waals surface area contributed by atoms with Crippen molar-refractivity contribution in [3.63, 3.8) is 0 Å². The lowest BCUT2D eigenvalue weighted by Gasteiger charge is -2.10. The van der Waals surface area contributed by atoms with Crippen molar-refractivity contribution in [2.45, 2.75) is 13.5 Å². The highest BCUT2D eigenvalue weighted by Gasteiger charge is 2.14. The molecule has 0 fully saturated rings. The van der Waals surface area contributed by atoms with E-state index in [-0.39, 0.29) is 12.3 Å². The van der Waals surface area contributed by atoms with Gasteiger partial charge in [-0.05, 0) is 55.0 Å². The number of H-pyrrole nitrogens is 1. The Balaban J connectivity index is 1.56. The number of aromatic amines is 1. The lowest BCUT2D eigenvalue weighted by molar-refractivity contribution is 0.292. The van der Waals surface area contributed by atoms with Crippen LogP contribution in [0, 0.1) is 18.7 Å². The van der Waals surface area contributed by atoms with E-state index in [0.29, 0.717) is 28.0 Å². The van der Waals surface area contributed by atoms with Crippen molar-refractivity contribution in [3.05, 3.63) is 83.0 Å². The van der Waals surface area contributed by atoms with Crippen molar-refractivity contribution in [1.82, 2.24) is 19.9 Å². The van der Waals surface area contributed by atoms with Gasteiger partial charge in [0.25, 0.3) is 0 Å². The minimum absolute atomic E-state index is 0.0255. The van der Waals surface area contributed by atoms with Crippen molar-refractivity contribution in [2.24, 2.45) is 0 Å². The standard InChI is InChI=1S/C21H15ClF2N4O/c1-12-9-13(4-6-17(12)29-11-16-15(23)3-2-8-25-16)19-20(22)28-21(27-19)14-5-7-18(24)26-10-14/h2-10H,11H2,1H3,(H,27,28). The van der Waals surface area contributed by atoms with Crippen molar-refractivity contribution in [3.8, 4) is 28.4 Å². The second-order valence-corrected chi connectivity index (χ2v) is 6.70. The van der Waals surface area contributed by atoms with Crippen molar-refractivity contribution in [1.29, 1.82) is 0 Å². The van der Waals surface area contributed by atoms with Crippen LogP contribution >= 0.6 is 11.6 Å². The minimum Gasteiger partial charge on any atom is -0.487 e. The molecule has 0 spiro atoms. The topological polar surface area (TPSA) is 63.7 Å². The van der Waals surface area contributed by atoms with E-state index in [2.05, 4.69) is 19.9 Å². The van der Waals surface area contributed by atoms with E-state index < -0.39 is 11.8 Å². The molecule has 5 nitrogen and oxygen atoms in total. The number of nitrogens with zero attached hydrogens (tertiary/aromatic N) is 3. The van der Waals surface area contributed by atoms with Crippen LogP contribution in [0.5, 0.6) is 5.75 Å². The average molecular weight is 413 g/mol. The molecule has 0 aliphatic carbocycles. The van der Waals surface area contributed by atoms with Gasteiger partial charge < -0.3 is 9.72 Å². The average Bonchev–Trinajstić information content (AvgIpc) is 3.10. The second kappa shape index (κ2) is 7.97. The van der Waals surface area contributed by atoms with Gasteiger partial charge in [-0.15, -0.1) is 0 Å². The SMILES string of the molecule is Cc1cc(-c2nc(-c3ccc(F)nc3)[nH]c2Cl)ccc1OCc1ncccc1F. The predicted octanol–water partition coefficient (Wildman–Crippen LogP) is 5.35. The first-order valence-corrected chi connectivity index (χ1v) is 9.09. The van der Waals surface area contributed by atoms with Gasteiger partial charge in [0.05, 0.1) is 0 Å². The normalized spacial score (nSPS) is 10.9. The third-order valence-corrected chi connectivity index (χ3v) is 4.58. The van der Waals surface area contributed by atoms with Crippen molar-refractivity contribution >= 4 is 11.6 Å². The van der Waals surface area contributed by atoms with Gasteiger partial charge in [-0.25, -0.2) is 14.4 Å². The Bertz CT molecular complexity index is 1160. The van der Waals surface area contributed by atoms with E-state index in [9.17, 15) is 8.78 Å². The summed E-state index contributed by atoms with van der Waals surface area (Å²) in [4.78, 5) is 15.1. The van der Waals surface area contributed by atoms with E-state index in [0.717, 1.165) is 11.1 Å². The maximum absolute atomic E-state index is 13.7. The zero-order chi connectivity index (χ0) is 20.4. The fourth-order valence-corrected chi connectivity index (χ4v) is 3.07. The van der Waals surface area contributed by atoms with Gasteiger partial charge in [0.2, 0.25) is 5.95 Å². The van der Waals surface area contributed by atoms with E-state index >= 15 is 0 Å². The number of hydrogen-bond acceptors (Lipinski definition) is 4. The fourth-order valence-electron chi connectivity index (χ4n) is 2.83. The van der Waals surface area contributed by atoms with Crippen LogP contribution in [0.2, 0.25) is 5.15 Å². The Hall–Kier alpha value is -3.32. The van der Waals surface area contributed by atoms with Gasteiger partial charge in [0.1, 0.15) is 40.5 Å². The van der Waals surface area contributed by atoms with Crippen LogP contribution in [0.25, 0.3) is 22.6 Å². The van der Waals surface area contributed by atoms with Crippen LogP contribution in [0.3, 0.4) is 0 Å². The number of aryl methyl sites for hydroxylation is 1. The van der Waals surface area contributed by atoms with Gasteiger partial charge in [0, 0.05) is 23.5 Å². The summed E-state index contributed by atoms with van der Waals surface area (Å²) in [6.07, 6.45) is 2.90. The minimum atomic E-state index is -0.566. The number of aromatic nitrogens is 4. The van der Waals surface area contributed by atoms with Gasteiger partial charge in [-0.3, -0.25) is 4.98 Å². The lowest BCUT2D eigenvalue weighted by Crippen LogP contribution is -2.02. The summed E-state index contributed by atoms with van der Waals surface area (Å²) in [6.45, 7) is 1.90. The summed E-state index contributed by atoms with van der Waals surface area (Å²) in [5.41, 5.74) is 3.03. The molecule has 3 heterocycles. The molecule has 0 bridgehead atoms. The third kappa shape index (κ3) is 4.09. The molecule has 0 saturated heterocycles. The molecule has 0 amide bonds. The summed E-state index contributed by atoms with van der Waals surface area (Å²) >= 11 is 6.32. The van der Waals surface area contributed by atoms with Crippen LogP contribution in [0.1, 0.15) is 11.3 Å². The quantitative estimate of drug-likeness (QED) is 0.448. The number of nitrogens with one attached hydrogen (secondary N) is 1. The molecule has 3 aromatic heterocycles. The zero-order valence-corrected chi connectivity index (χ0v) is 16.0. The van der Waals surface area contributed by atoms with Gasteiger partial charge in [-0.2, -0.15) is 4.39 Å². The maximum Gasteiger partial charge on any atom is 0.212 e. The van der Waals surface area contributed by atoms with Crippen LogP contribution in [-0.4, -0.2) is 19.9 Å². The van der Waals surface area contributed by atoms with Crippen LogP contribution in [-0.2, 0) is 6.61 Å². The molecule has 0 unspecified atom stereocenters. The Labute approximate surface area is 170 Å². The Kier molecular flexibility index (Phi) is 5.22. The Morgan fingerprint density at radius 3 is 2.62 bits per heavy atom. The number of benzene rings is 1. The molecule has 8 heteroatoms. The van der Waals surface area contributed by atoms with Crippen molar-refractivity contribution in [2.75, 3.05) is 0 Å². The monoisotopic (exact) mass is 412 g/mol. The molecule has 29 heavy (non-hydrogen) atoms. The van der Waals surface area contributed by atoms with E-state index in [1.807, 2.05) is 19.1 Å². The number of ether oxygens (including phenoxy) is 1. The maximum atomic E-state index is 13.7. The number of pyridine rings is 2. The number of hydrogen-bond donors (Lipinski definition) is 1. The summed E-state index contributed by atoms with van der Waals surface area (Å²) < 4.78 is 32.4. The van der Waals surface area contributed by atoms with E-state index in [1.165, 1.54) is 30.6 Å². The highest BCUT2D eigenvalue weighted by molar-refractivity contribution is 6.32. The zero-order valence-electron chi connectivity index (χ0n) is 15.3. The molecule has 1 aromatic carbocycles. The molecule has 4 aromatic rings. The van der Waals surface area contributed by atoms with Crippen LogP contribution in [0.15, 0.2) is 54.9 Å². The second-order valence-electron chi connectivity index (χ2n) is 6.32. The summed E-state index contributed by atoms with van der Waals surface area (Å²) in [7, 11) is 0. The first-order valence-electron chi connectivity index (χ1n) is 8.72. The van der Waals surface area contributed by atoms with E-state index in [1.54, 1.807) is 12.1 Å². The predicted molar refractivity (Wildman–Crippen MR) is 105 cm³/mol. The first-order chi connectivity index (χ1) is 14.0. The number of imidazole rings is 1. The van der Waals surface area contributed by atoms with Gasteiger partial charge in [-0.1, -0.05) is 11.6 Å². The van der Waals surface area contributed by atoms with E-state index in [4.69, 9.17) is 16.3 Å². The molecule has 0 saturated carbocycles. The summed E-state index contributed by atoms with van der Waals surface area (Å²) in [5, 5.41) is 0.355. The molecular weight excluding hydrogens is 398 g/mol. The molecule has 1 N–H and O–H groups in total. The lowest BCUT2D eigenvalue weighted by atomic mass is 10.1. The molecule has 0 radical (unpaired) electrons. The molecule has 0 atom stereocenters. The number of halogens is 3. The molecule has 4 rings (SSSR count). The summed E-state index contributed by atoms with van der Waals surface area (Å²) in [5.74, 6) is 0.117. The number of rotatable bonds is 5. The Morgan fingerprint density at radius 1 is 1.07 bits per heavy atom. The first kappa shape index (κ1) is 19.0. The van der Waals surface area contributed by atoms with Crippen LogP contribution < -0.4 is 4.74 Å². The largest absolute Gasteiger partial charge is 0.487 e. The highest BCUT2D eigenvalue weighted by Crippen LogP contribution is 2.32. The van der Waals surface area contributed by atoms with Gasteiger partial charge in [0.15, 0.2) is 0 Å². The third-order valence-electron chi connectivity index (χ3n) is 4.31. The van der Waals surface area contributed by atoms with Crippen molar-refractivity contribution < 1.29 is 13.5 Å². The summed E-state index contributed by atoms with van der Waals surface area (Å²) in [6, 6.07) is 11.2. The fraction of sp³-hybridized carbons (Fsp3) is 0.0952.